The van der Waals surface area contributed by atoms with E-state index in [1.807, 2.05) is 23.1 Å². The monoisotopic (exact) mass is 486 g/mol. The molecule has 1 fully saturated rings. The van der Waals surface area contributed by atoms with E-state index in [9.17, 15) is 14.0 Å². The zero-order chi connectivity index (χ0) is 25.2. The fraction of sp³-hybridized carbons (Fsp3) is 0.333. The Hall–Kier alpha value is -3.67. The van der Waals surface area contributed by atoms with Gasteiger partial charge in [0.05, 0.1) is 6.04 Å². The van der Waals surface area contributed by atoms with Crippen molar-refractivity contribution in [3.8, 4) is 5.75 Å². The number of hydrogen-bond acceptors (Lipinski definition) is 3. The predicted molar refractivity (Wildman–Crippen MR) is 136 cm³/mol. The number of aryl methyl sites for hydroxylation is 1. The Labute approximate surface area is 211 Å². The molecular formula is C30H31FN2O3. The average molecular weight is 487 g/mol. The zero-order valence-electron chi connectivity index (χ0n) is 20.7. The molecule has 6 heteroatoms. The number of hydrogen-bond donors (Lipinski definition) is 1. The van der Waals surface area contributed by atoms with Gasteiger partial charge in [-0.25, -0.2) is 4.39 Å². The maximum Gasteiger partial charge on any atom is 0.261 e. The molecule has 5 rings (SSSR count). The maximum atomic E-state index is 13.4. The third kappa shape index (κ3) is 5.27. The summed E-state index contributed by atoms with van der Waals surface area (Å²) in [6, 6.07) is 20.2. The van der Waals surface area contributed by atoms with Gasteiger partial charge < -0.3 is 15.0 Å². The summed E-state index contributed by atoms with van der Waals surface area (Å²) >= 11 is 0. The van der Waals surface area contributed by atoms with E-state index in [1.165, 1.54) is 23.3 Å². The fourth-order valence-electron chi connectivity index (χ4n) is 4.81. The molecule has 1 heterocycles. The lowest BCUT2D eigenvalue weighted by atomic mass is 9.87. The molecule has 36 heavy (non-hydrogen) atoms. The number of carbonyl (C=O) groups excluding carboxylic acids is 2. The summed E-state index contributed by atoms with van der Waals surface area (Å²) in [4.78, 5) is 27.9. The number of rotatable bonds is 7. The van der Waals surface area contributed by atoms with Crippen LogP contribution in [0.2, 0.25) is 0 Å². The number of halogens is 1. The number of carbonyl (C=O) groups is 2. The summed E-state index contributed by atoms with van der Waals surface area (Å²) in [6.07, 6.45) is 1.99. The zero-order valence-corrected chi connectivity index (χ0v) is 20.7. The number of fused-ring (bicyclic) bond motifs is 1. The Morgan fingerprint density at radius 2 is 1.86 bits per heavy atom. The van der Waals surface area contributed by atoms with Gasteiger partial charge in [0.15, 0.2) is 6.10 Å². The first-order valence-electron chi connectivity index (χ1n) is 12.6. The van der Waals surface area contributed by atoms with Crippen molar-refractivity contribution >= 4 is 11.8 Å². The maximum absolute atomic E-state index is 13.4. The number of benzene rings is 3. The van der Waals surface area contributed by atoms with E-state index >= 15 is 0 Å². The van der Waals surface area contributed by atoms with E-state index in [0.717, 1.165) is 30.4 Å². The quantitative estimate of drug-likeness (QED) is 0.505. The molecule has 2 atom stereocenters. The Kier molecular flexibility index (Phi) is 6.77. The van der Waals surface area contributed by atoms with Crippen molar-refractivity contribution in [1.82, 2.24) is 10.2 Å². The van der Waals surface area contributed by atoms with Crippen molar-refractivity contribution < 1.29 is 18.7 Å². The molecule has 0 unspecified atom stereocenters. The van der Waals surface area contributed by atoms with Crippen LogP contribution in [0.25, 0.3) is 0 Å². The van der Waals surface area contributed by atoms with Gasteiger partial charge in [0.25, 0.3) is 5.91 Å². The summed E-state index contributed by atoms with van der Waals surface area (Å²) < 4.78 is 19.4. The van der Waals surface area contributed by atoms with E-state index in [2.05, 4.69) is 36.5 Å². The topological polar surface area (TPSA) is 58.6 Å². The molecular weight excluding hydrogens is 455 g/mol. The lowest BCUT2D eigenvalue weighted by Gasteiger charge is -2.38. The number of nitrogens with zero attached hydrogens (tertiary/aromatic N) is 1. The minimum absolute atomic E-state index is 0.140. The van der Waals surface area contributed by atoms with Gasteiger partial charge in [-0.2, -0.15) is 0 Å². The molecule has 3 aromatic carbocycles. The van der Waals surface area contributed by atoms with Crippen LogP contribution in [-0.2, 0) is 22.6 Å². The second-order valence-electron chi connectivity index (χ2n) is 9.84. The summed E-state index contributed by atoms with van der Waals surface area (Å²) in [5.41, 5.74) is 5.17. The van der Waals surface area contributed by atoms with Crippen molar-refractivity contribution in [2.75, 3.05) is 6.54 Å². The van der Waals surface area contributed by atoms with Gasteiger partial charge in [0, 0.05) is 19.0 Å². The third-order valence-electron chi connectivity index (χ3n) is 6.99. The van der Waals surface area contributed by atoms with Gasteiger partial charge in [-0.05, 0) is 79.6 Å². The van der Waals surface area contributed by atoms with E-state index in [4.69, 9.17) is 4.74 Å². The van der Waals surface area contributed by atoms with Crippen molar-refractivity contribution in [2.45, 2.75) is 51.8 Å². The van der Waals surface area contributed by atoms with Crippen LogP contribution in [0.3, 0.4) is 0 Å². The van der Waals surface area contributed by atoms with Crippen molar-refractivity contribution in [3.05, 3.63) is 100 Å². The Morgan fingerprint density at radius 1 is 1.08 bits per heavy atom. The highest BCUT2D eigenvalue weighted by atomic mass is 19.1. The molecule has 186 valence electrons. The van der Waals surface area contributed by atoms with Crippen LogP contribution < -0.4 is 10.1 Å². The van der Waals surface area contributed by atoms with Crippen molar-refractivity contribution in [3.63, 3.8) is 0 Å². The predicted octanol–water partition coefficient (Wildman–Crippen LogP) is 5.10. The summed E-state index contributed by atoms with van der Waals surface area (Å²) in [5, 5.41) is 2.81. The van der Waals surface area contributed by atoms with Crippen LogP contribution in [0.5, 0.6) is 5.75 Å². The van der Waals surface area contributed by atoms with E-state index in [0.29, 0.717) is 17.9 Å². The Balaban J connectivity index is 1.35. The third-order valence-corrected chi connectivity index (χ3v) is 6.99. The number of nitrogens with one attached hydrogen (secondary N) is 1. The van der Waals surface area contributed by atoms with Gasteiger partial charge in [0.1, 0.15) is 11.6 Å². The Bertz CT molecular complexity index is 1270. The lowest BCUT2D eigenvalue weighted by molar-refractivity contribution is -0.134. The molecule has 0 saturated heterocycles. The number of ether oxygens (including phenoxy) is 1. The molecule has 5 nitrogen and oxygen atoms in total. The molecule has 0 aromatic heterocycles. The molecule has 0 bridgehead atoms. The second kappa shape index (κ2) is 10.1. The van der Waals surface area contributed by atoms with Crippen LogP contribution in [-0.4, -0.2) is 29.4 Å². The molecule has 1 aliphatic carbocycles. The highest BCUT2D eigenvalue weighted by Gasteiger charge is 2.39. The van der Waals surface area contributed by atoms with Crippen molar-refractivity contribution in [2.24, 2.45) is 5.92 Å². The normalized spacial score (nSPS) is 17.8. The van der Waals surface area contributed by atoms with Gasteiger partial charge >= 0.3 is 0 Å². The highest BCUT2D eigenvalue weighted by molar-refractivity contribution is 5.82. The van der Waals surface area contributed by atoms with E-state index in [1.54, 1.807) is 19.1 Å². The van der Waals surface area contributed by atoms with Crippen molar-refractivity contribution in [1.29, 1.82) is 0 Å². The molecule has 1 N–H and O–H groups in total. The first-order valence-corrected chi connectivity index (χ1v) is 12.6. The van der Waals surface area contributed by atoms with E-state index in [-0.39, 0.29) is 36.1 Å². The molecule has 1 aliphatic heterocycles. The molecule has 0 radical (unpaired) electrons. The standard InChI is InChI=1S/C30H31FN2O3/c1-19-6-8-23(9-7-19)28-27-17-26(13-12-22(27)14-15-33(28)30(35)24-10-11-24)36-20(2)29(34)32-18-21-4-3-5-25(31)16-21/h3-9,12-13,16-17,20,24,28H,10-11,14-15,18H2,1-2H3,(H,32,34)/t20-,28-/m0/s1. The largest absolute Gasteiger partial charge is 0.481 e. The first kappa shape index (κ1) is 24.0. The smallest absolute Gasteiger partial charge is 0.261 e. The first-order chi connectivity index (χ1) is 17.4. The van der Waals surface area contributed by atoms with Gasteiger partial charge in [-0.3, -0.25) is 9.59 Å². The number of amides is 2. The summed E-state index contributed by atoms with van der Waals surface area (Å²) in [7, 11) is 0. The molecule has 3 aromatic rings. The molecule has 2 amide bonds. The molecule has 1 saturated carbocycles. The summed E-state index contributed by atoms with van der Waals surface area (Å²) in [5.74, 6) is 0.332. The summed E-state index contributed by atoms with van der Waals surface area (Å²) in [6.45, 7) is 4.67. The van der Waals surface area contributed by atoms with Crippen LogP contribution in [0.1, 0.15) is 53.6 Å². The molecule has 0 spiro atoms. The van der Waals surface area contributed by atoms with E-state index < -0.39 is 6.10 Å². The fourth-order valence-corrected chi connectivity index (χ4v) is 4.81. The molecule has 2 aliphatic rings. The second-order valence-corrected chi connectivity index (χ2v) is 9.84. The van der Waals surface area contributed by atoms with Gasteiger partial charge in [-0.15, -0.1) is 0 Å². The SMILES string of the molecule is Cc1ccc([C@H]2c3cc(O[C@@H](C)C(=O)NCc4cccc(F)c4)ccc3CCN2C(=O)C2CC2)cc1. The van der Waals surface area contributed by atoms with Gasteiger partial charge in [-0.1, -0.05) is 48.0 Å². The van der Waals surface area contributed by atoms with Crippen LogP contribution in [0.4, 0.5) is 4.39 Å². The Morgan fingerprint density at radius 3 is 2.58 bits per heavy atom. The van der Waals surface area contributed by atoms with Gasteiger partial charge in [0.2, 0.25) is 5.91 Å². The van der Waals surface area contributed by atoms with Crippen LogP contribution in [0.15, 0.2) is 66.7 Å². The van der Waals surface area contributed by atoms with Crippen LogP contribution >= 0.6 is 0 Å². The lowest BCUT2D eigenvalue weighted by Crippen LogP contribution is -2.41. The average Bonchev–Trinajstić information content (AvgIpc) is 3.72. The minimum Gasteiger partial charge on any atom is -0.481 e. The highest BCUT2D eigenvalue weighted by Crippen LogP contribution is 2.41. The minimum atomic E-state index is -0.734. The van der Waals surface area contributed by atoms with Crippen LogP contribution in [0, 0.1) is 18.7 Å².